The number of rotatable bonds is 6. The zero-order chi connectivity index (χ0) is 15.1. The summed E-state index contributed by atoms with van der Waals surface area (Å²) < 4.78 is 9.94. The van der Waals surface area contributed by atoms with Crippen LogP contribution in [-0.4, -0.2) is 19.7 Å². The first-order valence-electron chi connectivity index (χ1n) is 6.22. The van der Waals surface area contributed by atoms with Gasteiger partial charge in [0.15, 0.2) is 0 Å². The van der Waals surface area contributed by atoms with Gasteiger partial charge in [0.1, 0.15) is 19.0 Å². The first-order valence-corrected chi connectivity index (χ1v) is 6.60. The average molecular weight is 302 g/mol. The molecule has 0 spiro atoms. The van der Waals surface area contributed by atoms with Gasteiger partial charge in [-0.3, -0.25) is 4.79 Å². The van der Waals surface area contributed by atoms with Gasteiger partial charge in [-0.25, -0.2) is 0 Å². The van der Waals surface area contributed by atoms with E-state index in [-0.39, 0.29) is 13.2 Å². The Balaban J connectivity index is 2.10. The lowest BCUT2D eigenvalue weighted by Gasteiger charge is -2.09. The zero-order valence-electron chi connectivity index (χ0n) is 11.1. The maximum absolute atomic E-state index is 10.0. The molecule has 2 aromatic carbocycles. The fraction of sp³-hybridized carbons (Fsp3) is 0.125. The molecular weight excluding hydrogens is 290 g/mol. The van der Waals surface area contributed by atoms with Crippen LogP contribution in [0.25, 0.3) is 11.1 Å². The van der Waals surface area contributed by atoms with Gasteiger partial charge in [0, 0.05) is 0 Å². The summed E-state index contributed by atoms with van der Waals surface area (Å²) in [5.41, 5.74) is 2.51. The lowest BCUT2D eigenvalue weighted by molar-refractivity contribution is -0.129. The van der Waals surface area contributed by atoms with Crippen LogP contribution in [0, 0.1) is 11.3 Å². The van der Waals surface area contributed by atoms with E-state index in [0.717, 1.165) is 11.1 Å². The Kier molecular flexibility index (Phi) is 5.19. The first kappa shape index (κ1) is 14.9. The van der Waals surface area contributed by atoms with E-state index < -0.39 is 0 Å². The Bertz CT molecular complexity index is 662. The number of halogens is 1. The van der Waals surface area contributed by atoms with Crippen molar-refractivity contribution in [2.75, 3.05) is 13.2 Å². The van der Waals surface area contributed by atoms with E-state index in [1.807, 2.05) is 18.2 Å². The highest BCUT2D eigenvalue weighted by Gasteiger charge is 2.05. The molecule has 0 saturated heterocycles. The second kappa shape index (κ2) is 7.32. The molecule has 0 fully saturated rings. The lowest BCUT2D eigenvalue weighted by Crippen LogP contribution is -2.05. The SMILES string of the molecule is N#Cc1ccc(-c2ccc(OCCOC=O)c(Cl)c2)cc1. The number of nitriles is 1. The second-order valence-corrected chi connectivity index (χ2v) is 4.56. The molecule has 2 rings (SSSR count). The van der Waals surface area contributed by atoms with Crippen LogP contribution in [0.4, 0.5) is 0 Å². The van der Waals surface area contributed by atoms with Crippen LogP contribution in [0.2, 0.25) is 5.02 Å². The van der Waals surface area contributed by atoms with Gasteiger partial charge in [0.2, 0.25) is 0 Å². The number of carbonyl (C=O) groups is 1. The van der Waals surface area contributed by atoms with E-state index in [0.29, 0.717) is 22.8 Å². The van der Waals surface area contributed by atoms with Crippen molar-refractivity contribution in [2.24, 2.45) is 0 Å². The largest absolute Gasteiger partial charge is 0.488 e. The molecule has 0 aromatic heterocycles. The predicted octanol–water partition coefficient (Wildman–Crippen LogP) is 3.43. The minimum Gasteiger partial charge on any atom is -0.488 e. The number of nitrogens with zero attached hydrogens (tertiary/aromatic N) is 1. The molecule has 0 saturated carbocycles. The van der Waals surface area contributed by atoms with Crippen LogP contribution < -0.4 is 4.74 Å². The van der Waals surface area contributed by atoms with Crippen molar-refractivity contribution in [2.45, 2.75) is 0 Å². The Morgan fingerprint density at radius 3 is 2.43 bits per heavy atom. The molecule has 0 amide bonds. The van der Waals surface area contributed by atoms with Crippen molar-refractivity contribution in [3.63, 3.8) is 0 Å². The van der Waals surface area contributed by atoms with Crippen LogP contribution in [0.5, 0.6) is 5.75 Å². The quantitative estimate of drug-likeness (QED) is 0.606. The van der Waals surface area contributed by atoms with Gasteiger partial charge in [-0.2, -0.15) is 5.26 Å². The van der Waals surface area contributed by atoms with Gasteiger partial charge >= 0.3 is 0 Å². The fourth-order valence-electron chi connectivity index (χ4n) is 1.78. The van der Waals surface area contributed by atoms with E-state index in [4.69, 9.17) is 21.6 Å². The molecule has 0 bridgehead atoms. The molecule has 5 heteroatoms. The van der Waals surface area contributed by atoms with Crippen molar-refractivity contribution < 1.29 is 14.3 Å². The molecule has 106 valence electrons. The number of ether oxygens (including phenoxy) is 2. The number of hydrogen-bond acceptors (Lipinski definition) is 4. The van der Waals surface area contributed by atoms with E-state index >= 15 is 0 Å². The predicted molar refractivity (Wildman–Crippen MR) is 79.1 cm³/mol. The zero-order valence-corrected chi connectivity index (χ0v) is 11.8. The van der Waals surface area contributed by atoms with E-state index in [9.17, 15) is 4.79 Å². The standard InChI is InChI=1S/C16H12ClNO3/c17-15-9-14(13-3-1-12(10-18)2-4-13)5-6-16(15)21-8-7-20-11-19/h1-6,9,11H,7-8H2. The molecular formula is C16H12ClNO3. The second-order valence-electron chi connectivity index (χ2n) is 4.15. The van der Waals surface area contributed by atoms with Crippen molar-refractivity contribution in [1.82, 2.24) is 0 Å². The smallest absolute Gasteiger partial charge is 0.293 e. The lowest BCUT2D eigenvalue weighted by atomic mass is 10.0. The topological polar surface area (TPSA) is 59.3 Å². The third kappa shape index (κ3) is 3.98. The van der Waals surface area contributed by atoms with Crippen molar-refractivity contribution in [1.29, 1.82) is 5.26 Å². The van der Waals surface area contributed by atoms with E-state index in [1.165, 1.54) is 0 Å². The summed E-state index contributed by atoms with van der Waals surface area (Å²) >= 11 is 6.16. The minimum absolute atomic E-state index is 0.178. The maximum Gasteiger partial charge on any atom is 0.293 e. The Hall–Kier alpha value is -2.51. The van der Waals surface area contributed by atoms with Gasteiger partial charge in [0.25, 0.3) is 6.47 Å². The monoisotopic (exact) mass is 301 g/mol. The van der Waals surface area contributed by atoms with Gasteiger partial charge < -0.3 is 9.47 Å². The highest BCUT2D eigenvalue weighted by atomic mass is 35.5. The van der Waals surface area contributed by atoms with Crippen LogP contribution in [-0.2, 0) is 9.53 Å². The van der Waals surface area contributed by atoms with Gasteiger partial charge in [0.05, 0.1) is 16.7 Å². The molecule has 0 heterocycles. The van der Waals surface area contributed by atoms with Gasteiger partial charge in [-0.15, -0.1) is 0 Å². The Labute approximate surface area is 127 Å². The fourth-order valence-corrected chi connectivity index (χ4v) is 2.02. The summed E-state index contributed by atoms with van der Waals surface area (Å²) in [5.74, 6) is 0.531. The molecule has 0 aliphatic carbocycles. The van der Waals surface area contributed by atoms with E-state index in [1.54, 1.807) is 24.3 Å². The van der Waals surface area contributed by atoms with Gasteiger partial charge in [-0.05, 0) is 35.4 Å². The number of hydrogen-bond donors (Lipinski definition) is 0. The molecule has 0 aliphatic rings. The van der Waals surface area contributed by atoms with Crippen LogP contribution in [0.3, 0.4) is 0 Å². The van der Waals surface area contributed by atoms with Crippen molar-refractivity contribution >= 4 is 18.1 Å². The average Bonchev–Trinajstić information content (AvgIpc) is 2.53. The Morgan fingerprint density at radius 1 is 1.10 bits per heavy atom. The van der Waals surface area contributed by atoms with Crippen LogP contribution >= 0.6 is 11.6 Å². The molecule has 21 heavy (non-hydrogen) atoms. The third-order valence-electron chi connectivity index (χ3n) is 2.81. The highest BCUT2D eigenvalue weighted by molar-refractivity contribution is 6.32. The summed E-state index contributed by atoms with van der Waals surface area (Å²) in [7, 11) is 0. The summed E-state index contributed by atoms with van der Waals surface area (Å²) in [5, 5.41) is 9.26. The molecule has 4 nitrogen and oxygen atoms in total. The summed E-state index contributed by atoms with van der Waals surface area (Å²) in [4.78, 5) is 10.0. The van der Waals surface area contributed by atoms with Gasteiger partial charge in [-0.1, -0.05) is 29.8 Å². The molecule has 2 aromatic rings. The summed E-state index contributed by atoms with van der Waals surface area (Å²) in [6.07, 6.45) is 0. The molecule has 0 N–H and O–H groups in total. The molecule has 0 unspecified atom stereocenters. The molecule has 0 atom stereocenters. The third-order valence-corrected chi connectivity index (χ3v) is 3.10. The van der Waals surface area contributed by atoms with E-state index in [2.05, 4.69) is 10.8 Å². The highest BCUT2D eigenvalue weighted by Crippen LogP contribution is 2.30. The minimum atomic E-state index is 0.178. The van der Waals surface area contributed by atoms with Crippen LogP contribution in [0.15, 0.2) is 42.5 Å². The van der Waals surface area contributed by atoms with Crippen molar-refractivity contribution in [3.8, 4) is 22.9 Å². The summed E-state index contributed by atoms with van der Waals surface area (Å²) in [6, 6.07) is 14.7. The van der Waals surface area contributed by atoms with Crippen LogP contribution in [0.1, 0.15) is 5.56 Å². The number of benzene rings is 2. The van der Waals surface area contributed by atoms with Crippen molar-refractivity contribution in [3.05, 3.63) is 53.1 Å². The number of carbonyl (C=O) groups excluding carboxylic acids is 1. The summed E-state index contributed by atoms with van der Waals surface area (Å²) in [6.45, 7) is 0.796. The first-order chi connectivity index (χ1) is 10.2. The molecule has 0 radical (unpaired) electrons. The maximum atomic E-state index is 10.0. The normalized spacial score (nSPS) is 9.71. The Morgan fingerprint density at radius 2 is 1.81 bits per heavy atom. The molecule has 0 aliphatic heterocycles.